The molecule has 0 unspecified atom stereocenters. The third kappa shape index (κ3) is 37.0. The lowest BCUT2D eigenvalue weighted by Crippen LogP contribution is -2.09. The van der Waals surface area contributed by atoms with Gasteiger partial charge in [-0.3, -0.25) is 9.59 Å². The van der Waals surface area contributed by atoms with Crippen molar-refractivity contribution in [2.75, 3.05) is 13.2 Å². The second-order valence-electron chi connectivity index (χ2n) is 14.1. The molecule has 0 aliphatic rings. The Kier molecular flexibility index (Phi) is 33.0. The first-order chi connectivity index (χ1) is 20.9. The lowest BCUT2D eigenvalue weighted by Gasteiger charge is -2.07. The number of carbonyl (C=O) groups is 2. The van der Waals surface area contributed by atoms with Crippen LogP contribution in [0.2, 0.25) is 0 Å². The predicted octanol–water partition coefficient (Wildman–Crippen LogP) is 12.7. The second-order valence-corrected chi connectivity index (χ2v) is 14.1. The van der Waals surface area contributed by atoms with Crippen molar-refractivity contribution in [2.45, 2.75) is 214 Å². The fraction of sp³-hybridized carbons (Fsp3) is 0.949. The Morgan fingerprint density at radius 3 is 0.837 bits per heavy atom. The van der Waals surface area contributed by atoms with Crippen LogP contribution in [0.15, 0.2) is 0 Å². The van der Waals surface area contributed by atoms with Crippen molar-refractivity contribution in [1.82, 2.24) is 0 Å². The molecular formula is C39H76O4. The number of hydrogen-bond donors (Lipinski definition) is 0. The normalized spacial score (nSPS) is 11.5. The monoisotopic (exact) mass is 609 g/mol. The first kappa shape index (κ1) is 41.9. The van der Waals surface area contributed by atoms with Gasteiger partial charge in [-0.05, 0) is 31.1 Å². The van der Waals surface area contributed by atoms with Crippen LogP contribution in [0.4, 0.5) is 0 Å². The summed E-state index contributed by atoms with van der Waals surface area (Å²) in [6.45, 7) is 10.3. The first-order valence-electron chi connectivity index (χ1n) is 19.2. The topological polar surface area (TPSA) is 52.6 Å². The molecule has 0 aliphatic heterocycles. The molecular weight excluding hydrogens is 532 g/mol. The van der Waals surface area contributed by atoms with Gasteiger partial charge in [0.05, 0.1) is 13.2 Å². The smallest absolute Gasteiger partial charge is 0.305 e. The van der Waals surface area contributed by atoms with E-state index in [9.17, 15) is 9.59 Å². The van der Waals surface area contributed by atoms with Crippen molar-refractivity contribution in [1.29, 1.82) is 0 Å². The van der Waals surface area contributed by atoms with E-state index in [1.165, 1.54) is 141 Å². The van der Waals surface area contributed by atoms with Gasteiger partial charge in [-0.1, -0.05) is 182 Å². The summed E-state index contributed by atoms with van der Waals surface area (Å²) in [6, 6.07) is 0. The Labute approximate surface area is 269 Å². The van der Waals surface area contributed by atoms with Crippen molar-refractivity contribution in [3.05, 3.63) is 0 Å². The minimum Gasteiger partial charge on any atom is -0.466 e. The summed E-state index contributed by atoms with van der Waals surface area (Å²) in [4.78, 5) is 23.8. The fourth-order valence-corrected chi connectivity index (χ4v) is 5.74. The number of ether oxygens (including phenoxy) is 2. The summed E-state index contributed by atoms with van der Waals surface area (Å²) in [6.07, 6.45) is 35.4. The average Bonchev–Trinajstić information content (AvgIpc) is 2.96. The minimum atomic E-state index is -0.182. The summed E-state index contributed by atoms with van der Waals surface area (Å²) in [5.74, 6) is 1.34. The minimum absolute atomic E-state index is 0.182. The molecule has 0 bridgehead atoms. The van der Waals surface area contributed by atoms with E-state index in [2.05, 4.69) is 27.7 Å². The molecule has 43 heavy (non-hydrogen) atoms. The van der Waals surface area contributed by atoms with Crippen LogP contribution in [0.3, 0.4) is 0 Å². The van der Waals surface area contributed by atoms with Crippen molar-refractivity contribution in [3.8, 4) is 0 Å². The third-order valence-electron chi connectivity index (χ3n) is 8.64. The van der Waals surface area contributed by atoms with Crippen LogP contribution < -0.4 is 0 Å². The molecule has 0 aromatic heterocycles. The van der Waals surface area contributed by atoms with E-state index >= 15 is 0 Å². The molecule has 0 spiro atoms. The van der Waals surface area contributed by atoms with E-state index in [1.54, 1.807) is 0 Å². The maximum Gasteiger partial charge on any atom is 0.305 e. The molecule has 0 N–H and O–H groups in total. The summed E-state index contributed by atoms with van der Waals surface area (Å²) in [7, 11) is 0. The fourth-order valence-electron chi connectivity index (χ4n) is 5.74. The number of carbonyl (C=O) groups excluding carboxylic acids is 2. The van der Waals surface area contributed by atoms with Gasteiger partial charge in [0, 0.05) is 12.8 Å². The molecule has 256 valence electrons. The Morgan fingerprint density at radius 2 is 0.581 bits per heavy atom. The van der Waals surface area contributed by atoms with Crippen molar-refractivity contribution < 1.29 is 19.1 Å². The zero-order valence-electron chi connectivity index (χ0n) is 29.7. The van der Waals surface area contributed by atoms with Gasteiger partial charge in [-0.15, -0.1) is 0 Å². The lowest BCUT2D eigenvalue weighted by molar-refractivity contribution is -0.145. The van der Waals surface area contributed by atoms with Crippen molar-refractivity contribution in [2.24, 2.45) is 11.8 Å². The highest BCUT2D eigenvalue weighted by Gasteiger charge is 2.07. The number of esters is 2. The van der Waals surface area contributed by atoms with Crippen LogP contribution >= 0.6 is 0 Å². The number of unbranched alkanes of at least 4 members (excludes halogenated alkanes) is 22. The molecule has 0 atom stereocenters. The molecule has 0 amide bonds. The molecule has 4 heteroatoms. The van der Waals surface area contributed by atoms with E-state index in [4.69, 9.17) is 9.47 Å². The van der Waals surface area contributed by atoms with Crippen LogP contribution in [-0.4, -0.2) is 25.2 Å². The van der Waals surface area contributed by atoms with Crippen molar-refractivity contribution in [3.63, 3.8) is 0 Å². The van der Waals surface area contributed by atoms with E-state index < -0.39 is 0 Å². The van der Waals surface area contributed by atoms with Crippen LogP contribution in [-0.2, 0) is 19.1 Å². The zero-order valence-corrected chi connectivity index (χ0v) is 29.7. The van der Waals surface area contributed by atoms with E-state index in [0.717, 1.165) is 37.5 Å². The van der Waals surface area contributed by atoms with Crippen LogP contribution in [0.1, 0.15) is 214 Å². The molecule has 0 aromatic rings. The highest BCUT2D eigenvalue weighted by molar-refractivity contribution is 5.72. The van der Waals surface area contributed by atoms with Crippen LogP contribution in [0, 0.1) is 11.8 Å². The van der Waals surface area contributed by atoms with E-state index in [-0.39, 0.29) is 11.9 Å². The molecule has 0 saturated heterocycles. The first-order valence-corrected chi connectivity index (χ1v) is 19.2. The number of hydrogen-bond acceptors (Lipinski definition) is 4. The highest BCUT2D eigenvalue weighted by Crippen LogP contribution is 2.16. The van der Waals surface area contributed by atoms with Gasteiger partial charge in [-0.25, -0.2) is 0 Å². The third-order valence-corrected chi connectivity index (χ3v) is 8.64. The molecule has 0 radical (unpaired) electrons. The molecule has 0 aliphatic carbocycles. The summed E-state index contributed by atoms with van der Waals surface area (Å²) >= 11 is 0. The Morgan fingerprint density at radius 1 is 0.349 bits per heavy atom. The van der Waals surface area contributed by atoms with Crippen LogP contribution in [0.25, 0.3) is 0 Å². The Bertz CT molecular complexity index is 536. The van der Waals surface area contributed by atoms with Gasteiger partial charge in [-0.2, -0.15) is 0 Å². The summed E-state index contributed by atoms with van der Waals surface area (Å²) in [5, 5.41) is 0. The van der Waals surface area contributed by atoms with Crippen molar-refractivity contribution >= 4 is 11.9 Å². The highest BCUT2D eigenvalue weighted by atomic mass is 16.5. The van der Waals surface area contributed by atoms with Crippen LogP contribution in [0.5, 0.6) is 0 Å². The predicted molar refractivity (Wildman–Crippen MR) is 185 cm³/mol. The molecule has 0 rings (SSSR count). The Hall–Kier alpha value is -1.06. The summed E-state index contributed by atoms with van der Waals surface area (Å²) < 4.78 is 10.7. The van der Waals surface area contributed by atoms with Gasteiger partial charge in [0.1, 0.15) is 0 Å². The van der Waals surface area contributed by atoms with Gasteiger partial charge in [0.25, 0.3) is 0 Å². The van der Waals surface area contributed by atoms with Gasteiger partial charge < -0.3 is 9.47 Å². The molecule has 0 heterocycles. The largest absolute Gasteiger partial charge is 0.466 e. The zero-order chi connectivity index (χ0) is 31.6. The lowest BCUT2D eigenvalue weighted by atomic mass is 10.0. The molecule has 0 fully saturated rings. The van der Waals surface area contributed by atoms with Gasteiger partial charge in [0.15, 0.2) is 0 Å². The molecule has 4 nitrogen and oxygen atoms in total. The standard InChI is InChI=1S/C39H76O4/c1-36(2)30-25-21-17-13-9-5-7-11-15-19-23-27-34-42-38(40)32-29-33-39(41)43-35-28-24-20-16-12-8-6-10-14-18-22-26-31-37(3)4/h36-37H,5-35H2,1-4H3. The van der Waals surface area contributed by atoms with E-state index in [1.807, 2.05) is 0 Å². The molecule has 0 aromatic carbocycles. The summed E-state index contributed by atoms with van der Waals surface area (Å²) in [5.41, 5.74) is 0. The SMILES string of the molecule is CC(C)CCCCCCCCCCCCCCOC(=O)CCCC(=O)OCCCCCCCCCCCCCCC(C)C. The van der Waals surface area contributed by atoms with Gasteiger partial charge >= 0.3 is 11.9 Å². The average molecular weight is 609 g/mol. The quantitative estimate of drug-likeness (QED) is 0.0538. The number of rotatable bonds is 34. The molecule has 0 saturated carbocycles. The Balaban J connectivity index is 3.28. The maximum atomic E-state index is 11.9. The van der Waals surface area contributed by atoms with Gasteiger partial charge in [0.2, 0.25) is 0 Å². The van der Waals surface area contributed by atoms with E-state index in [0.29, 0.717) is 32.5 Å². The second kappa shape index (κ2) is 33.8. The maximum absolute atomic E-state index is 11.9.